The van der Waals surface area contributed by atoms with Gasteiger partial charge in [0.1, 0.15) is 5.75 Å². The number of carbonyl (C=O) groups excluding carboxylic acids is 1. The van der Waals surface area contributed by atoms with E-state index >= 15 is 0 Å². The number of amides is 2. The van der Waals surface area contributed by atoms with Crippen LogP contribution in [-0.4, -0.2) is 64.6 Å². The minimum atomic E-state index is -1.00. The maximum Gasteiger partial charge on any atom is 0.407 e. The summed E-state index contributed by atoms with van der Waals surface area (Å²) in [6.07, 6.45) is -1.00. The standard InChI is InChI=1S/C13H15N3O6/c17-12(14-4-6-15(7-5-14)13(18)19)9-22-11-3-1-2-10(8-11)16(20)21/h1-3,8H,4-7,9H2,(H,18,19). The molecule has 2 amide bonds. The van der Waals surface area contributed by atoms with Gasteiger partial charge in [-0.25, -0.2) is 4.79 Å². The molecule has 0 spiro atoms. The Bertz CT molecular complexity index is 583. The van der Waals surface area contributed by atoms with Crippen LogP contribution in [0.5, 0.6) is 5.75 Å². The minimum absolute atomic E-state index is 0.111. The summed E-state index contributed by atoms with van der Waals surface area (Å²) < 4.78 is 5.26. The molecule has 1 saturated heterocycles. The first kappa shape index (κ1) is 15.5. The summed E-state index contributed by atoms with van der Waals surface area (Å²) in [6.45, 7) is 0.900. The average molecular weight is 309 g/mol. The zero-order valence-corrected chi connectivity index (χ0v) is 11.7. The Balaban J connectivity index is 1.84. The highest BCUT2D eigenvalue weighted by atomic mass is 16.6. The van der Waals surface area contributed by atoms with Crippen molar-refractivity contribution in [1.29, 1.82) is 0 Å². The fraction of sp³-hybridized carbons (Fsp3) is 0.385. The molecular formula is C13H15N3O6. The van der Waals surface area contributed by atoms with E-state index in [2.05, 4.69) is 0 Å². The maximum atomic E-state index is 12.0. The van der Waals surface area contributed by atoms with Crippen LogP contribution < -0.4 is 4.74 Å². The van der Waals surface area contributed by atoms with Gasteiger partial charge in [0.2, 0.25) is 0 Å². The number of ether oxygens (including phenoxy) is 1. The van der Waals surface area contributed by atoms with Crippen LogP contribution in [0.1, 0.15) is 0 Å². The van der Waals surface area contributed by atoms with Gasteiger partial charge >= 0.3 is 6.09 Å². The number of rotatable bonds is 4. The van der Waals surface area contributed by atoms with Gasteiger partial charge in [-0.15, -0.1) is 0 Å². The number of nitrogens with zero attached hydrogens (tertiary/aromatic N) is 3. The first-order valence-electron chi connectivity index (χ1n) is 6.60. The maximum absolute atomic E-state index is 12.0. The fourth-order valence-corrected chi connectivity index (χ4v) is 2.07. The van der Waals surface area contributed by atoms with Crippen molar-refractivity contribution in [3.05, 3.63) is 34.4 Å². The highest BCUT2D eigenvalue weighted by Gasteiger charge is 2.23. The molecule has 0 aromatic heterocycles. The van der Waals surface area contributed by atoms with Crippen molar-refractivity contribution in [2.24, 2.45) is 0 Å². The summed E-state index contributed by atoms with van der Waals surface area (Å²) in [6, 6.07) is 5.58. The van der Waals surface area contributed by atoms with Gasteiger partial charge in [-0.1, -0.05) is 6.07 Å². The summed E-state index contributed by atoms with van der Waals surface area (Å²) in [5, 5.41) is 19.5. The van der Waals surface area contributed by atoms with Gasteiger partial charge in [-0.2, -0.15) is 0 Å². The van der Waals surface area contributed by atoms with E-state index in [0.717, 1.165) is 0 Å². The Labute approximate surface area is 125 Å². The summed E-state index contributed by atoms with van der Waals surface area (Å²) in [4.78, 5) is 35.6. The lowest BCUT2D eigenvalue weighted by Crippen LogP contribution is -2.51. The molecule has 1 aromatic carbocycles. The van der Waals surface area contributed by atoms with Gasteiger partial charge in [0.25, 0.3) is 11.6 Å². The van der Waals surface area contributed by atoms with E-state index in [1.807, 2.05) is 0 Å². The highest BCUT2D eigenvalue weighted by Crippen LogP contribution is 2.19. The van der Waals surface area contributed by atoms with Crippen molar-refractivity contribution in [3.8, 4) is 5.75 Å². The molecule has 22 heavy (non-hydrogen) atoms. The molecule has 1 N–H and O–H groups in total. The number of carboxylic acid groups (broad SMARTS) is 1. The van der Waals surface area contributed by atoms with E-state index in [9.17, 15) is 19.7 Å². The molecule has 0 unspecified atom stereocenters. The second kappa shape index (κ2) is 6.74. The molecule has 1 fully saturated rings. The number of non-ortho nitro benzene ring substituents is 1. The van der Waals surface area contributed by atoms with E-state index < -0.39 is 11.0 Å². The Morgan fingerprint density at radius 1 is 1.23 bits per heavy atom. The average Bonchev–Trinajstić information content (AvgIpc) is 2.53. The number of nitro benzene ring substituents is 1. The summed E-state index contributed by atoms with van der Waals surface area (Å²) in [5.74, 6) is -0.0386. The van der Waals surface area contributed by atoms with Crippen LogP contribution in [0, 0.1) is 10.1 Å². The predicted octanol–water partition coefficient (Wildman–Crippen LogP) is 0.796. The molecule has 118 valence electrons. The van der Waals surface area contributed by atoms with E-state index in [4.69, 9.17) is 9.84 Å². The topological polar surface area (TPSA) is 113 Å². The van der Waals surface area contributed by atoms with Gasteiger partial charge in [0, 0.05) is 32.2 Å². The largest absolute Gasteiger partial charge is 0.484 e. The van der Waals surface area contributed by atoms with E-state index in [-0.39, 0.29) is 37.0 Å². The number of nitro groups is 1. The third-order valence-corrected chi connectivity index (χ3v) is 3.29. The molecule has 0 radical (unpaired) electrons. The van der Waals surface area contributed by atoms with Gasteiger partial charge in [-0.3, -0.25) is 14.9 Å². The molecule has 0 atom stereocenters. The van der Waals surface area contributed by atoms with Gasteiger partial charge in [0.05, 0.1) is 11.0 Å². The predicted molar refractivity (Wildman–Crippen MR) is 74.8 cm³/mol. The number of piperazine rings is 1. The van der Waals surface area contributed by atoms with Gasteiger partial charge in [-0.05, 0) is 6.07 Å². The first-order chi connectivity index (χ1) is 10.5. The third kappa shape index (κ3) is 3.84. The third-order valence-electron chi connectivity index (χ3n) is 3.29. The fourth-order valence-electron chi connectivity index (χ4n) is 2.07. The van der Waals surface area contributed by atoms with Crippen LogP contribution in [-0.2, 0) is 4.79 Å². The molecule has 0 aliphatic carbocycles. The van der Waals surface area contributed by atoms with Crippen LogP contribution in [0.25, 0.3) is 0 Å². The van der Waals surface area contributed by atoms with Gasteiger partial charge < -0.3 is 19.6 Å². The zero-order valence-electron chi connectivity index (χ0n) is 11.7. The van der Waals surface area contributed by atoms with Crippen molar-refractivity contribution in [2.75, 3.05) is 32.8 Å². The number of hydrogen-bond donors (Lipinski definition) is 1. The normalized spacial score (nSPS) is 14.5. The molecule has 9 nitrogen and oxygen atoms in total. The van der Waals surface area contributed by atoms with Crippen LogP contribution >= 0.6 is 0 Å². The van der Waals surface area contributed by atoms with Crippen LogP contribution in [0.2, 0.25) is 0 Å². The SMILES string of the molecule is O=C(O)N1CCN(C(=O)COc2cccc([N+](=O)[O-])c2)CC1. The number of carbonyl (C=O) groups is 2. The molecule has 1 aliphatic rings. The van der Waals surface area contributed by atoms with Crippen molar-refractivity contribution in [1.82, 2.24) is 9.80 Å². The Morgan fingerprint density at radius 3 is 2.45 bits per heavy atom. The number of hydrogen-bond acceptors (Lipinski definition) is 5. The van der Waals surface area contributed by atoms with Crippen LogP contribution in [0.15, 0.2) is 24.3 Å². The Kier molecular flexibility index (Phi) is 4.77. The molecular weight excluding hydrogens is 294 g/mol. The highest BCUT2D eigenvalue weighted by molar-refractivity contribution is 5.78. The zero-order chi connectivity index (χ0) is 16.1. The van der Waals surface area contributed by atoms with E-state index in [1.54, 1.807) is 0 Å². The molecule has 2 rings (SSSR count). The van der Waals surface area contributed by atoms with Crippen molar-refractivity contribution in [3.63, 3.8) is 0 Å². The lowest BCUT2D eigenvalue weighted by atomic mass is 10.3. The minimum Gasteiger partial charge on any atom is -0.484 e. The molecule has 1 heterocycles. The van der Waals surface area contributed by atoms with E-state index in [1.165, 1.54) is 34.1 Å². The molecule has 9 heteroatoms. The molecule has 1 aromatic rings. The molecule has 0 bridgehead atoms. The van der Waals surface area contributed by atoms with Crippen LogP contribution in [0.4, 0.5) is 10.5 Å². The van der Waals surface area contributed by atoms with Gasteiger partial charge in [0.15, 0.2) is 6.61 Å². The number of benzene rings is 1. The Hall–Kier alpha value is -2.84. The first-order valence-corrected chi connectivity index (χ1v) is 6.60. The second-order valence-electron chi connectivity index (χ2n) is 4.69. The lowest BCUT2D eigenvalue weighted by Gasteiger charge is -2.33. The van der Waals surface area contributed by atoms with Crippen LogP contribution in [0.3, 0.4) is 0 Å². The van der Waals surface area contributed by atoms with Crippen molar-refractivity contribution >= 4 is 17.7 Å². The van der Waals surface area contributed by atoms with Crippen molar-refractivity contribution in [2.45, 2.75) is 0 Å². The van der Waals surface area contributed by atoms with Crippen molar-refractivity contribution < 1.29 is 24.4 Å². The monoisotopic (exact) mass is 309 g/mol. The Morgan fingerprint density at radius 2 is 1.86 bits per heavy atom. The molecule has 1 aliphatic heterocycles. The lowest BCUT2D eigenvalue weighted by molar-refractivity contribution is -0.384. The smallest absolute Gasteiger partial charge is 0.407 e. The molecule has 0 saturated carbocycles. The van der Waals surface area contributed by atoms with E-state index in [0.29, 0.717) is 13.1 Å². The summed E-state index contributed by atoms with van der Waals surface area (Å²) >= 11 is 0. The summed E-state index contributed by atoms with van der Waals surface area (Å²) in [5.41, 5.74) is -0.111. The summed E-state index contributed by atoms with van der Waals surface area (Å²) in [7, 11) is 0. The second-order valence-corrected chi connectivity index (χ2v) is 4.69. The quantitative estimate of drug-likeness (QED) is 0.650.